The number of hydrogen-bond acceptors (Lipinski definition) is 3. The normalized spacial score (nSPS) is 16.2. The van der Waals surface area contributed by atoms with Crippen molar-refractivity contribution in [2.45, 2.75) is 53.1 Å². The highest BCUT2D eigenvalue weighted by Gasteiger charge is 2.28. The number of rotatable bonds is 5. The Bertz CT molecular complexity index is 600. The van der Waals surface area contributed by atoms with Crippen molar-refractivity contribution in [2.75, 3.05) is 18.4 Å². The van der Waals surface area contributed by atoms with Crippen molar-refractivity contribution in [3.63, 3.8) is 0 Å². The first kappa shape index (κ1) is 19.4. The van der Waals surface area contributed by atoms with E-state index in [0.717, 1.165) is 6.42 Å². The van der Waals surface area contributed by atoms with Crippen LogP contribution in [0.25, 0.3) is 0 Å². The molecule has 5 nitrogen and oxygen atoms in total. The molecule has 1 fully saturated rings. The summed E-state index contributed by atoms with van der Waals surface area (Å²) < 4.78 is 0. The minimum absolute atomic E-state index is 0.00899. The molecular formula is C20H30N2O3. The highest BCUT2D eigenvalue weighted by Crippen LogP contribution is 2.27. The van der Waals surface area contributed by atoms with Crippen LogP contribution in [-0.4, -0.2) is 41.0 Å². The smallest absolute Gasteiger partial charge is 0.253 e. The third-order valence-electron chi connectivity index (χ3n) is 4.67. The second kappa shape index (κ2) is 8.00. The van der Waals surface area contributed by atoms with Gasteiger partial charge in [-0.05, 0) is 49.4 Å². The number of nitrogens with one attached hydrogen (secondary N) is 1. The molecular weight excluding hydrogens is 316 g/mol. The van der Waals surface area contributed by atoms with Crippen molar-refractivity contribution in [3.05, 3.63) is 29.8 Å². The minimum Gasteiger partial charge on any atom is -0.393 e. The average molecular weight is 346 g/mol. The Hall–Kier alpha value is -1.88. The third-order valence-corrected chi connectivity index (χ3v) is 4.67. The Morgan fingerprint density at radius 1 is 1.20 bits per heavy atom. The molecule has 0 bridgehead atoms. The summed E-state index contributed by atoms with van der Waals surface area (Å²) in [6.45, 7) is 9.28. The minimum atomic E-state index is -0.433. The average Bonchev–Trinajstić information content (AvgIpc) is 2.54. The fourth-order valence-corrected chi connectivity index (χ4v) is 3.36. The van der Waals surface area contributed by atoms with E-state index in [1.165, 1.54) is 0 Å². The van der Waals surface area contributed by atoms with Crippen LogP contribution >= 0.6 is 0 Å². The van der Waals surface area contributed by atoms with Crippen LogP contribution < -0.4 is 5.32 Å². The maximum Gasteiger partial charge on any atom is 0.253 e. The van der Waals surface area contributed by atoms with E-state index in [1.807, 2.05) is 13.8 Å². The van der Waals surface area contributed by atoms with Crippen LogP contribution in [0.2, 0.25) is 0 Å². The van der Waals surface area contributed by atoms with Crippen LogP contribution in [-0.2, 0) is 4.79 Å². The lowest BCUT2D eigenvalue weighted by Gasteiger charge is -2.29. The molecule has 0 atom stereocenters. The van der Waals surface area contributed by atoms with E-state index in [2.05, 4.69) is 19.2 Å². The number of hydrogen-bond donors (Lipinski definition) is 2. The molecule has 25 heavy (non-hydrogen) atoms. The van der Waals surface area contributed by atoms with E-state index < -0.39 is 5.41 Å². The summed E-state index contributed by atoms with van der Waals surface area (Å²) in [4.78, 5) is 26.7. The summed E-state index contributed by atoms with van der Waals surface area (Å²) in [5.74, 6) is 0.416. The number of aliphatic hydroxyl groups excluding tert-OH is 1. The summed E-state index contributed by atoms with van der Waals surface area (Å²) in [6.07, 6.45) is 1.78. The molecule has 2 N–H and O–H groups in total. The second-order valence-corrected chi connectivity index (χ2v) is 8.04. The zero-order chi connectivity index (χ0) is 18.6. The third kappa shape index (κ3) is 5.30. The number of carbonyl (C=O) groups excluding carboxylic acids is 2. The van der Waals surface area contributed by atoms with Crippen molar-refractivity contribution in [1.29, 1.82) is 0 Å². The summed E-state index contributed by atoms with van der Waals surface area (Å²) in [7, 11) is 0. The van der Waals surface area contributed by atoms with Gasteiger partial charge in [-0.25, -0.2) is 0 Å². The molecule has 138 valence electrons. The summed E-state index contributed by atoms with van der Waals surface area (Å²) in [6, 6.07) is 7.04. The van der Waals surface area contributed by atoms with Crippen LogP contribution in [0.1, 0.15) is 57.3 Å². The number of aliphatic hydroxyl groups is 1. The van der Waals surface area contributed by atoms with Gasteiger partial charge < -0.3 is 15.3 Å². The topological polar surface area (TPSA) is 69.6 Å². The number of likely N-dealkylation sites (tertiary alicyclic amines) is 1. The highest BCUT2D eigenvalue weighted by atomic mass is 16.3. The molecule has 0 unspecified atom stereocenters. The molecule has 0 aromatic heterocycles. The predicted octanol–water partition coefficient (Wildman–Crippen LogP) is 3.29. The van der Waals surface area contributed by atoms with Crippen LogP contribution in [0.3, 0.4) is 0 Å². The fourth-order valence-electron chi connectivity index (χ4n) is 3.36. The Morgan fingerprint density at radius 3 is 2.28 bits per heavy atom. The Kier molecular flexibility index (Phi) is 6.22. The fraction of sp³-hybridized carbons (Fsp3) is 0.600. The van der Waals surface area contributed by atoms with Gasteiger partial charge >= 0.3 is 0 Å². The number of anilines is 1. The predicted molar refractivity (Wildman–Crippen MR) is 99.5 cm³/mol. The maximum absolute atomic E-state index is 12.5. The van der Waals surface area contributed by atoms with Crippen molar-refractivity contribution in [1.82, 2.24) is 4.90 Å². The van der Waals surface area contributed by atoms with Crippen LogP contribution in [0.15, 0.2) is 24.3 Å². The SMILES string of the molecule is CC(C)CC(C)(C)C(=O)Nc1ccc(C(=O)N2CCC(O)CC2)cc1. The molecule has 0 aliphatic carbocycles. The first-order valence-electron chi connectivity index (χ1n) is 9.08. The monoisotopic (exact) mass is 346 g/mol. The van der Waals surface area contributed by atoms with Crippen molar-refractivity contribution in [2.24, 2.45) is 11.3 Å². The lowest BCUT2D eigenvalue weighted by Crippen LogP contribution is -2.40. The molecule has 2 amide bonds. The molecule has 5 heteroatoms. The van der Waals surface area contributed by atoms with E-state index in [0.29, 0.717) is 43.1 Å². The van der Waals surface area contributed by atoms with Gasteiger partial charge in [0.05, 0.1) is 6.10 Å². The lowest BCUT2D eigenvalue weighted by atomic mass is 9.83. The number of benzene rings is 1. The molecule has 1 aromatic carbocycles. The van der Waals surface area contributed by atoms with Gasteiger partial charge in [-0.15, -0.1) is 0 Å². The molecule has 1 saturated heterocycles. The largest absolute Gasteiger partial charge is 0.393 e. The van der Waals surface area contributed by atoms with Gasteiger partial charge in [-0.2, -0.15) is 0 Å². The van der Waals surface area contributed by atoms with Crippen LogP contribution in [0.5, 0.6) is 0 Å². The molecule has 1 aromatic rings. The quantitative estimate of drug-likeness (QED) is 0.859. The van der Waals surface area contributed by atoms with Gasteiger partial charge in [0.1, 0.15) is 0 Å². The van der Waals surface area contributed by atoms with E-state index in [9.17, 15) is 14.7 Å². The zero-order valence-corrected chi connectivity index (χ0v) is 15.7. The van der Waals surface area contributed by atoms with E-state index >= 15 is 0 Å². The van der Waals surface area contributed by atoms with Gasteiger partial charge in [0.15, 0.2) is 0 Å². The number of amides is 2. The van der Waals surface area contributed by atoms with Crippen molar-refractivity contribution < 1.29 is 14.7 Å². The molecule has 2 rings (SSSR count). The number of carbonyl (C=O) groups is 2. The Balaban J connectivity index is 1.97. The second-order valence-electron chi connectivity index (χ2n) is 8.04. The Morgan fingerprint density at radius 2 is 1.76 bits per heavy atom. The first-order valence-corrected chi connectivity index (χ1v) is 9.08. The van der Waals surface area contributed by atoms with E-state index in [-0.39, 0.29) is 17.9 Å². The Labute approximate surface area is 150 Å². The van der Waals surface area contributed by atoms with Crippen LogP contribution in [0, 0.1) is 11.3 Å². The lowest BCUT2D eigenvalue weighted by molar-refractivity contribution is -0.124. The van der Waals surface area contributed by atoms with Crippen LogP contribution in [0.4, 0.5) is 5.69 Å². The number of nitrogens with zero attached hydrogens (tertiary/aromatic N) is 1. The summed E-state index contributed by atoms with van der Waals surface area (Å²) in [5.41, 5.74) is 0.875. The van der Waals surface area contributed by atoms with Gasteiger partial charge in [-0.3, -0.25) is 9.59 Å². The summed E-state index contributed by atoms with van der Waals surface area (Å²) >= 11 is 0. The molecule has 0 radical (unpaired) electrons. The zero-order valence-electron chi connectivity index (χ0n) is 15.7. The van der Waals surface area contributed by atoms with Gasteiger partial charge in [0, 0.05) is 29.8 Å². The standard InChI is InChI=1S/C20H30N2O3/c1-14(2)13-20(3,4)19(25)21-16-7-5-15(6-8-16)18(24)22-11-9-17(23)10-12-22/h5-8,14,17,23H,9-13H2,1-4H3,(H,21,25). The van der Waals surface area contributed by atoms with Gasteiger partial charge in [0.25, 0.3) is 5.91 Å². The van der Waals surface area contributed by atoms with Gasteiger partial charge in [0.2, 0.25) is 5.91 Å². The van der Waals surface area contributed by atoms with Crippen molar-refractivity contribution >= 4 is 17.5 Å². The van der Waals surface area contributed by atoms with E-state index in [4.69, 9.17) is 0 Å². The molecule has 0 saturated carbocycles. The van der Waals surface area contributed by atoms with E-state index in [1.54, 1.807) is 29.2 Å². The van der Waals surface area contributed by atoms with Gasteiger partial charge in [-0.1, -0.05) is 27.7 Å². The molecule has 1 heterocycles. The molecule has 0 spiro atoms. The first-order chi connectivity index (χ1) is 11.7. The highest BCUT2D eigenvalue weighted by molar-refractivity contribution is 5.97. The molecule has 1 aliphatic rings. The summed E-state index contributed by atoms with van der Waals surface area (Å²) in [5, 5.41) is 12.5. The number of piperidine rings is 1. The molecule has 1 aliphatic heterocycles. The maximum atomic E-state index is 12.5. The van der Waals surface area contributed by atoms with Crippen molar-refractivity contribution in [3.8, 4) is 0 Å².